The molecule has 4 amide bonds. The Bertz CT molecular complexity index is 965. The third kappa shape index (κ3) is 2.97. The van der Waals surface area contributed by atoms with Gasteiger partial charge < -0.3 is 0 Å². The summed E-state index contributed by atoms with van der Waals surface area (Å²) in [5.74, 6) is 0.350. The summed E-state index contributed by atoms with van der Waals surface area (Å²) in [5.41, 5.74) is 8.07. The number of amides is 4. The molecule has 4 aliphatic carbocycles. The summed E-state index contributed by atoms with van der Waals surface area (Å²) in [5, 5.41) is 6.61. The van der Waals surface area contributed by atoms with Gasteiger partial charge in [0.15, 0.2) is 0 Å². The van der Waals surface area contributed by atoms with Gasteiger partial charge in [-0.3, -0.25) is 0 Å². The highest BCUT2D eigenvalue weighted by atomic mass is 16.2. The number of imide groups is 1. The van der Waals surface area contributed by atoms with Crippen LogP contribution in [0.2, 0.25) is 0 Å². The van der Waals surface area contributed by atoms with Crippen molar-refractivity contribution in [2.24, 2.45) is 16.1 Å². The third-order valence-corrected chi connectivity index (χ3v) is 5.47. The van der Waals surface area contributed by atoms with Gasteiger partial charge in [0.2, 0.25) is 0 Å². The minimum atomic E-state index is -0.556. The van der Waals surface area contributed by atoms with E-state index in [-0.39, 0.29) is 0 Å². The smallest absolute Gasteiger partial charge is 0.244 e. The molecule has 0 bridgehead atoms. The molecular weight excluding hydrogens is 350 g/mol. The molecule has 0 radical (unpaired) electrons. The SMILES string of the molecule is CC.O=C1N=NC(=O)N1CCCC1=CC2=CC=CC3=CC=C4CC=CC1=C4C32. The highest BCUT2D eigenvalue weighted by Gasteiger charge is 2.34. The summed E-state index contributed by atoms with van der Waals surface area (Å²) in [6.07, 6.45) is 20.2. The third-order valence-electron chi connectivity index (χ3n) is 5.47. The molecule has 28 heavy (non-hydrogen) atoms. The van der Waals surface area contributed by atoms with Crippen molar-refractivity contribution < 1.29 is 9.59 Å². The Morgan fingerprint density at radius 1 is 1.04 bits per heavy atom. The number of hydrogen-bond acceptors (Lipinski definition) is 2. The molecular formula is C23H23N3O2. The van der Waals surface area contributed by atoms with Gasteiger partial charge in [-0.2, -0.15) is 0 Å². The van der Waals surface area contributed by atoms with Crippen molar-refractivity contribution in [1.29, 1.82) is 0 Å². The number of carbonyl (C=O) groups excluding carboxylic acids is 2. The number of rotatable bonds is 4. The van der Waals surface area contributed by atoms with Crippen molar-refractivity contribution in [1.82, 2.24) is 4.90 Å². The van der Waals surface area contributed by atoms with Crippen LogP contribution in [-0.2, 0) is 0 Å². The Balaban J connectivity index is 0.000000932. The maximum Gasteiger partial charge on any atom is 0.370 e. The molecule has 1 atom stereocenters. The minimum absolute atomic E-state index is 0.350. The molecule has 0 spiro atoms. The second-order valence-corrected chi connectivity index (χ2v) is 6.94. The maximum absolute atomic E-state index is 11.5. The molecule has 142 valence electrons. The van der Waals surface area contributed by atoms with Crippen molar-refractivity contribution in [2.75, 3.05) is 6.54 Å². The Morgan fingerprint density at radius 2 is 1.82 bits per heavy atom. The molecule has 5 aliphatic rings. The van der Waals surface area contributed by atoms with Gasteiger partial charge in [-0.05, 0) is 52.7 Å². The molecule has 5 rings (SSSR count). The van der Waals surface area contributed by atoms with E-state index < -0.39 is 12.1 Å². The van der Waals surface area contributed by atoms with Gasteiger partial charge in [-0.1, -0.05) is 72.7 Å². The molecule has 0 aromatic carbocycles. The summed E-state index contributed by atoms with van der Waals surface area (Å²) < 4.78 is 0. The highest BCUT2D eigenvalue weighted by molar-refractivity contribution is 5.98. The van der Waals surface area contributed by atoms with Gasteiger partial charge >= 0.3 is 12.1 Å². The van der Waals surface area contributed by atoms with Gasteiger partial charge in [0.1, 0.15) is 0 Å². The number of hydrogen-bond donors (Lipinski definition) is 0. The average Bonchev–Trinajstić information content (AvgIpc) is 3.06. The van der Waals surface area contributed by atoms with Gasteiger partial charge in [-0.25, -0.2) is 14.5 Å². The van der Waals surface area contributed by atoms with E-state index in [4.69, 9.17) is 0 Å². The molecule has 0 aromatic heterocycles. The Kier molecular flexibility index (Phi) is 4.90. The normalized spacial score (nSPS) is 23.6. The zero-order chi connectivity index (χ0) is 19.7. The Labute approximate surface area is 164 Å². The predicted molar refractivity (Wildman–Crippen MR) is 109 cm³/mol. The van der Waals surface area contributed by atoms with Crippen molar-refractivity contribution in [3.8, 4) is 0 Å². The molecule has 0 saturated heterocycles. The van der Waals surface area contributed by atoms with Crippen LogP contribution in [0.3, 0.4) is 0 Å². The number of carbonyl (C=O) groups is 2. The van der Waals surface area contributed by atoms with Gasteiger partial charge in [-0.15, -0.1) is 0 Å². The van der Waals surface area contributed by atoms with Crippen LogP contribution in [0, 0.1) is 5.92 Å². The van der Waals surface area contributed by atoms with Crippen LogP contribution in [0.4, 0.5) is 9.59 Å². The molecule has 1 aliphatic heterocycles. The largest absolute Gasteiger partial charge is 0.370 e. The van der Waals surface area contributed by atoms with E-state index in [1.165, 1.54) is 33.4 Å². The fourth-order valence-corrected chi connectivity index (χ4v) is 4.30. The molecule has 0 fully saturated rings. The van der Waals surface area contributed by atoms with E-state index in [9.17, 15) is 9.59 Å². The fraction of sp³-hybridized carbons (Fsp3) is 0.304. The number of nitrogens with zero attached hydrogens (tertiary/aromatic N) is 3. The topological polar surface area (TPSA) is 62.1 Å². The quantitative estimate of drug-likeness (QED) is 0.609. The number of azo groups is 1. The van der Waals surface area contributed by atoms with E-state index in [0.29, 0.717) is 18.9 Å². The van der Waals surface area contributed by atoms with Crippen LogP contribution >= 0.6 is 0 Å². The Morgan fingerprint density at radius 3 is 2.61 bits per heavy atom. The molecule has 0 aromatic rings. The van der Waals surface area contributed by atoms with Crippen molar-refractivity contribution in [2.45, 2.75) is 33.1 Å². The van der Waals surface area contributed by atoms with Gasteiger partial charge in [0, 0.05) is 12.5 Å². The van der Waals surface area contributed by atoms with Crippen molar-refractivity contribution >= 4 is 12.1 Å². The monoisotopic (exact) mass is 373 g/mol. The lowest BCUT2D eigenvalue weighted by Gasteiger charge is -2.37. The summed E-state index contributed by atoms with van der Waals surface area (Å²) >= 11 is 0. The second-order valence-electron chi connectivity index (χ2n) is 6.94. The van der Waals surface area contributed by atoms with Crippen LogP contribution in [0.15, 0.2) is 92.3 Å². The van der Waals surface area contributed by atoms with Crippen LogP contribution in [0.1, 0.15) is 33.1 Å². The fourth-order valence-electron chi connectivity index (χ4n) is 4.30. The van der Waals surface area contributed by atoms with Gasteiger partial charge in [0.05, 0.1) is 0 Å². The first-order valence-electron chi connectivity index (χ1n) is 9.90. The van der Waals surface area contributed by atoms with E-state index in [2.05, 4.69) is 58.8 Å². The van der Waals surface area contributed by atoms with E-state index >= 15 is 0 Å². The summed E-state index contributed by atoms with van der Waals surface area (Å²) in [6, 6.07) is -1.11. The van der Waals surface area contributed by atoms with Crippen LogP contribution in [-0.4, -0.2) is 23.5 Å². The van der Waals surface area contributed by atoms with Crippen LogP contribution in [0.5, 0.6) is 0 Å². The summed E-state index contributed by atoms with van der Waals surface area (Å²) in [7, 11) is 0. The Hall–Kier alpha value is -3.08. The first kappa shape index (κ1) is 18.3. The zero-order valence-corrected chi connectivity index (χ0v) is 16.2. The van der Waals surface area contributed by atoms with Crippen LogP contribution in [0.25, 0.3) is 0 Å². The lowest BCUT2D eigenvalue weighted by Crippen LogP contribution is -2.29. The molecule has 5 nitrogen and oxygen atoms in total. The van der Waals surface area contributed by atoms with Crippen LogP contribution < -0.4 is 0 Å². The number of allylic oxidation sites excluding steroid dienone is 14. The first-order chi connectivity index (χ1) is 13.7. The first-order valence-corrected chi connectivity index (χ1v) is 9.90. The highest BCUT2D eigenvalue weighted by Crippen LogP contribution is 2.49. The molecule has 1 unspecified atom stereocenters. The predicted octanol–water partition coefficient (Wildman–Crippen LogP) is 5.98. The maximum atomic E-state index is 11.5. The molecule has 0 saturated carbocycles. The standard InChI is InChI=1S/C21H17N3O2.C2H6/c25-20-22-23-21(26)24(20)11-3-7-15-12-16-6-1-4-13-9-10-14-5-2-8-17(15)19(14)18(13)16;1-2/h1-2,4,6,8-10,12,18H,3,5,7,11H2;1-2H3. The van der Waals surface area contributed by atoms with Crippen molar-refractivity contribution in [3.05, 3.63) is 82.0 Å². The van der Waals surface area contributed by atoms with E-state index in [1.807, 2.05) is 13.8 Å². The van der Waals surface area contributed by atoms with E-state index in [1.54, 1.807) is 0 Å². The average molecular weight is 373 g/mol. The lowest BCUT2D eigenvalue weighted by molar-refractivity contribution is 0.205. The minimum Gasteiger partial charge on any atom is -0.244 e. The molecule has 5 heteroatoms. The van der Waals surface area contributed by atoms with E-state index in [0.717, 1.165) is 17.7 Å². The number of urea groups is 2. The summed E-state index contributed by atoms with van der Waals surface area (Å²) in [6.45, 7) is 4.35. The summed E-state index contributed by atoms with van der Waals surface area (Å²) in [4.78, 5) is 24.2. The lowest BCUT2D eigenvalue weighted by atomic mass is 9.67. The molecule has 0 N–H and O–H groups in total. The molecule has 1 heterocycles. The zero-order valence-electron chi connectivity index (χ0n) is 16.2. The second kappa shape index (κ2) is 7.50. The van der Waals surface area contributed by atoms with Crippen molar-refractivity contribution in [3.63, 3.8) is 0 Å². The van der Waals surface area contributed by atoms with Gasteiger partial charge in [0.25, 0.3) is 0 Å².